The van der Waals surface area contributed by atoms with Gasteiger partial charge in [0.15, 0.2) is 0 Å². The van der Waals surface area contributed by atoms with Gasteiger partial charge in [0.2, 0.25) is 5.28 Å². The van der Waals surface area contributed by atoms with Crippen molar-refractivity contribution in [1.29, 1.82) is 0 Å². The number of benzene rings is 1. The molecule has 70 valence electrons. The van der Waals surface area contributed by atoms with Crippen LogP contribution in [0.25, 0.3) is 11.1 Å². The van der Waals surface area contributed by atoms with E-state index in [1.165, 1.54) is 5.56 Å². The lowest BCUT2D eigenvalue weighted by Gasteiger charge is -2.01. The van der Waals surface area contributed by atoms with Crippen LogP contribution in [-0.2, 0) is 0 Å². The standard InChI is InChI=1S/C11H9ClN2/c1-8-3-2-4-9(5-8)10-6-13-11(12)14-7-10/h2-7H,1H3. The Morgan fingerprint density at radius 1 is 1.07 bits per heavy atom. The van der Waals surface area contributed by atoms with Crippen LogP contribution in [-0.4, -0.2) is 9.97 Å². The molecule has 0 spiro atoms. The molecule has 2 nitrogen and oxygen atoms in total. The van der Waals surface area contributed by atoms with Gasteiger partial charge in [-0.25, -0.2) is 9.97 Å². The van der Waals surface area contributed by atoms with Crippen LogP contribution in [0, 0.1) is 6.92 Å². The normalized spacial score (nSPS) is 10.1. The van der Waals surface area contributed by atoms with Crippen molar-refractivity contribution in [3.63, 3.8) is 0 Å². The van der Waals surface area contributed by atoms with Gasteiger partial charge in [-0.2, -0.15) is 0 Å². The molecule has 0 saturated heterocycles. The van der Waals surface area contributed by atoms with Crippen LogP contribution in [0.2, 0.25) is 5.28 Å². The first-order valence-corrected chi connectivity index (χ1v) is 4.68. The lowest BCUT2D eigenvalue weighted by molar-refractivity contribution is 1.17. The maximum Gasteiger partial charge on any atom is 0.222 e. The highest BCUT2D eigenvalue weighted by molar-refractivity contribution is 6.28. The molecule has 2 aromatic rings. The van der Waals surface area contributed by atoms with Crippen LogP contribution < -0.4 is 0 Å². The first-order valence-electron chi connectivity index (χ1n) is 4.30. The molecule has 1 aromatic carbocycles. The van der Waals surface area contributed by atoms with E-state index in [4.69, 9.17) is 11.6 Å². The van der Waals surface area contributed by atoms with Crippen LogP contribution in [0.3, 0.4) is 0 Å². The molecular weight excluding hydrogens is 196 g/mol. The smallest absolute Gasteiger partial charge is 0.222 e. The Kier molecular flexibility index (Phi) is 2.46. The molecule has 2 rings (SSSR count). The molecule has 0 unspecified atom stereocenters. The molecule has 0 bridgehead atoms. The van der Waals surface area contributed by atoms with Crippen LogP contribution in [0.5, 0.6) is 0 Å². The van der Waals surface area contributed by atoms with Gasteiger partial charge >= 0.3 is 0 Å². The zero-order chi connectivity index (χ0) is 9.97. The van der Waals surface area contributed by atoms with Gasteiger partial charge in [-0.3, -0.25) is 0 Å². The lowest BCUT2D eigenvalue weighted by atomic mass is 10.1. The number of aromatic nitrogens is 2. The third kappa shape index (κ3) is 1.91. The largest absolute Gasteiger partial charge is 0.226 e. The molecule has 0 amide bonds. The summed E-state index contributed by atoms with van der Waals surface area (Å²) in [4.78, 5) is 7.88. The highest BCUT2D eigenvalue weighted by Gasteiger charge is 1.98. The van der Waals surface area contributed by atoms with Crippen molar-refractivity contribution >= 4 is 11.6 Å². The number of nitrogens with zero attached hydrogens (tertiary/aromatic N) is 2. The van der Waals surface area contributed by atoms with Crippen molar-refractivity contribution in [1.82, 2.24) is 9.97 Å². The third-order valence-electron chi connectivity index (χ3n) is 1.97. The summed E-state index contributed by atoms with van der Waals surface area (Å²) >= 11 is 5.61. The number of rotatable bonds is 1. The van der Waals surface area contributed by atoms with E-state index in [0.29, 0.717) is 0 Å². The third-order valence-corrected chi connectivity index (χ3v) is 2.17. The molecule has 0 atom stereocenters. The number of halogens is 1. The summed E-state index contributed by atoms with van der Waals surface area (Å²) < 4.78 is 0. The van der Waals surface area contributed by atoms with Crippen molar-refractivity contribution < 1.29 is 0 Å². The van der Waals surface area contributed by atoms with E-state index in [2.05, 4.69) is 29.0 Å². The highest BCUT2D eigenvalue weighted by Crippen LogP contribution is 2.18. The number of aryl methyl sites for hydroxylation is 1. The van der Waals surface area contributed by atoms with Gasteiger partial charge in [-0.1, -0.05) is 29.8 Å². The molecule has 0 aliphatic carbocycles. The molecule has 0 N–H and O–H groups in total. The van der Waals surface area contributed by atoms with E-state index >= 15 is 0 Å². The van der Waals surface area contributed by atoms with Crippen LogP contribution >= 0.6 is 11.6 Å². The Morgan fingerprint density at radius 2 is 1.79 bits per heavy atom. The minimum Gasteiger partial charge on any atom is -0.226 e. The summed E-state index contributed by atoms with van der Waals surface area (Å²) in [5, 5.41) is 0.279. The average Bonchev–Trinajstić information content (AvgIpc) is 2.19. The van der Waals surface area contributed by atoms with E-state index in [1.54, 1.807) is 12.4 Å². The molecule has 1 heterocycles. The van der Waals surface area contributed by atoms with Gasteiger partial charge in [0.05, 0.1) is 0 Å². The summed E-state index contributed by atoms with van der Waals surface area (Å²) in [7, 11) is 0. The number of hydrogen-bond donors (Lipinski definition) is 0. The topological polar surface area (TPSA) is 25.8 Å². The van der Waals surface area contributed by atoms with E-state index in [0.717, 1.165) is 11.1 Å². The number of hydrogen-bond acceptors (Lipinski definition) is 2. The molecule has 0 aliphatic rings. The van der Waals surface area contributed by atoms with Gasteiger partial charge in [0.25, 0.3) is 0 Å². The first kappa shape index (κ1) is 9.16. The van der Waals surface area contributed by atoms with Crippen molar-refractivity contribution in [2.24, 2.45) is 0 Å². The van der Waals surface area contributed by atoms with E-state index in [1.807, 2.05) is 12.1 Å². The summed E-state index contributed by atoms with van der Waals surface area (Å²) in [6.45, 7) is 2.06. The van der Waals surface area contributed by atoms with E-state index in [-0.39, 0.29) is 5.28 Å². The zero-order valence-corrected chi connectivity index (χ0v) is 8.49. The quantitative estimate of drug-likeness (QED) is 0.667. The van der Waals surface area contributed by atoms with Gasteiger partial charge in [0, 0.05) is 18.0 Å². The van der Waals surface area contributed by atoms with Crippen molar-refractivity contribution in [3.05, 3.63) is 47.5 Å². The average molecular weight is 205 g/mol. The fourth-order valence-electron chi connectivity index (χ4n) is 1.29. The molecule has 0 saturated carbocycles. The monoisotopic (exact) mass is 204 g/mol. The Hall–Kier alpha value is -1.41. The Balaban J connectivity index is 2.44. The molecule has 14 heavy (non-hydrogen) atoms. The summed E-state index contributed by atoms with van der Waals surface area (Å²) in [6, 6.07) is 8.19. The van der Waals surface area contributed by atoms with Gasteiger partial charge < -0.3 is 0 Å². The van der Waals surface area contributed by atoms with Crippen LogP contribution in [0.4, 0.5) is 0 Å². The van der Waals surface area contributed by atoms with Crippen LogP contribution in [0.1, 0.15) is 5.56 Å². The second-order valence-electron chi connectivity index (χ2n) is 3.11. The van der Waals surface area contributed by atoms with Gasteiger partial charge in [0.1, 0.15) is 0 Å². The Morgan fingerprint density at radius 3 is 2.43 bits per heavy atom. The van der Waals surface area contributed by atoms with E-state index < -0.39 is 0 Å². The minimum absolute atomic E-state index is 0.279. The molecule has 0 aliphatic heterocycles. The van der Waals surface area contributed by atoms with Crippen molar-refractivity contribution in [3.8, 4) is 11.1 Å². The molecule has 1 aromatic heterocycles. The van der Waals surface area contributed by atoms with Crippen LogP contribution in [0.15, 0.2) is 36.7 Å². The van der Waals surface area contributed by atoms with E-state index in [9.17, 15) is 0 Å². The van der Waals surface area contributed by atoms with Crippen molar-refractivity contribution in [2.45, 2.75) is 6.92 Å². The fraction of sp³-hybridized carbons (Fsp3) is 0.0909. The molecule has 0 fully saturated rings. The molecule has 3 heteroatoms. The Labute approximate surface area is 87.6 Å². The van der Waals surface area contributed by atoms with Gasteiger partial charge in [-0.15, -0.1) is 0 Å². The predicted octanol–water partition coefficient (Wildman–Crippen LogP) is 3.11. The Bertz CT molecular complexity index is 437. The minimum atomic E-state index is 0.279. The van der Waals surface area contributed by atoms with Crippen molar-refractivity contribution in [2.75, 3.05) is 0 Å². The maximum absolute atomic E-state index is 5.61. The lowest BCUT2D eigenvalue weighted by Crippen LogP contribution is -1.84. The predicted molar refractivity (Wildman–Crippen MR) is 57.2 cm³/mol. The summed E-state index contributed by atoms with van der Waals surface area (Å²) in [6.07, 6.45) is 3.45. The second kappa shape index (κ2) is 3.76. The summed E-state index contributed by atoms with van der Waals surface area (Å²) in [5.74, 6) is 0. The first-order chi connectivity index (χ1) is 6.75. The second-order valence-corrected chi connectivity index (χ2v) is 3.45. The molecule has 0 radical (unpaired) electrons. The molecular formula is C11H9ClN2. The highest BCUT2D eigenvalue weighted by atomic mass is 35.5. The SMILES string of the molecule is Cc1cccc(-c2cnc(Cl)nc2)c1. The zero-order valence-electron chi connectivity index (χ0n) is 7.74. The van der Waals surface area contributed by atoms with Gasteiger partial charge in [-0.05, 0) is 24.1 Å². The fourth-order valence-corrected chi connectivity index (χ4v) is 1.38. The maximum atomic E-state index is 5.61. The summed E-state index contributed by atoms with van der Waals surface area (Å²) in [5.41, 5.74) is 3.32.